The highest BCUT2D eigenvalue weighted by Gasteiger charge is 2.38. The zero-order valence-corrected chi connectivity index (χ0v) is 16.2. The van der Waals surface area contributed by atoms with Crippen LogP contribution in [-0.2, 0) is 9.59 Å². The molecular weight excluding hydrogens is 314 g/mol. The lowest BCUT2D eigenvalue weighted by atomic mass is 9.86. The van der Waals surface area contributed by atoms with Gasteiger partial charge in [0.25, 0.3) is 0 Å². The second-order valence-electron chi connectivity index (χ2n) is 8.62. The number of carbonyl (C=O) groups is 2. The summed E-state index contributed by atoms with van der Waals surface area (Å²) in [5, 5.41) is 0. The predicted octanol–water partition coefficient (Wildman–Crippen LogP) is 2.36. The molecule has 2 amide bonds. The first kappa shape index (κ1) is 18.7. The van der Waals surface area contributed by atoms with Crippen molar-refractivity contribution in [3.8, 4) is 0 Å². The summed E-state index contributed by atoms with van der Waals surface area (Å²) in [6.07, 6.45) is 7.10. The Bertz CT molecular complexity index is 477. The highest BCUT2D eigenvalue weighted by molar-refractivity contribution is 5.89. The number of amides is 2. The van der Waals surface area contributed by atoms with E-state index in [2.05, 4.69) is 11.8 Å². The van der Waals surface area contributed by atoms with Gasteiger partial charge in [0, 0.05) is 44.7 Å². The maximum atomic E-state index is 13.0. The molecule has 1 atom stereocenters. The molecule has 1 saturated carbocycles. The molecule has 2 saturated heterocycles. The number of piperazine rings is 1. The van der Waals surface area contributed by atoms with Gasteiger partial charge in [0.2, 0.25) is 11.8 Å². The van der Waals surface area contributed by atoms with E-state index in [1.54, 1.807) is 0 Å². The van der Waals surface area contributed by atoms with Crippen molar-refractivity contribution in [2.24, 2.45) is 11.8 Å². The summed E-state index contributed by atoms with van der Waals surface area (Å²) in [4.78, 5) is 31.8. The van der Waals surface area contributed by atoms with Gasteiger partial charge < -0.3 is 9.80 Å². The lowest BCUT2D eigenvalue weighted by Crippen LogP contribution is -2.56. The number of likely N-dealkylation sites (tertiary alicyclic amines) is 1. The molecule has 2 heterocycles. The van der Waals surface area contributed by atoms with Crippen LogP contribution < -0.4 is 0 Å². The van der Waals surface area contributed by atoms with Crippen molar-refractivity contribution in [3.63, 3.8) is 0 Å². The molecule has 3 aliphatic rings. The molecule has 0 N–H and O–H groups in total. The Kier molecular flexibility index (Phi) is 6.03. The number of hydrogen-bond acceptors (Lipinski definition) is 3. The summed E-state index contributed by atoms with van der Waals surface area (Å²) in [5.74, 6) is 1.17. The van der Waals surface area contributed by atoms with Crippen molar-refractivity contribution < 1.29 is 9.59 Å². The second kappa shape index (κ2) is 8.07. The summed E-state index contributed by atoms with van der Waals surface area (Å²) in [5.41, 5.74) is 0. The van der Waals surface area contributed by atoms with Crippen LogP contribution in [0.15, 0.2) is 0 Å². The van der Waals surface area contributed by atoms with Crippen LogP contribution >= 0.6 is 0 Å². The van der Waals surface area contributed by atoms with E-state index < -0.39 is 0 Å². The molecule has 5 nitrogen and oxygen atoms in total. The largest absolute Gasteiger partial charge is 0.338 e. The zero-order chi connectivity index (χ0) is 18.0. The molecule has 0 spiro atoms. The van der Waals surface area contributed by atoms with E-state index in [1.165, 1.54) is 25.7 Å². The van der Waals surface area contributed by atoms with Gasteiger partial charge in [-0.25, -0.2) is 0 Å². The van der Waals surface area contributed by atoms with E-state index in [1.807, 2.05) is 23.6 Å². The molecule has 2 aliphatic heterocycles. The Hall–Kier alpha value is -1.10. The quantitative estimate of drug-likeness (QED) is 0.786. The third kappa shape index (κ3) is 4.18. The molecule has 1 aliphatic carbocycles. The summed E-state index contributed by atoms with van der Waals surface area (Å²) >= 11 is 0. The SMILES string of the molecule is CC1CCC(N2CCN(C(=O)C3CCCN3C(=O)C(C)C)CC2)CC1. The van der Waals surface area contributed by atoms with Gasteiger partial charge in [-0.05, 0) is 44.4 Å². The van der Waals surface area contributed by atoms with Crippen molar-refractivity contribution in [1.82, 2.24) is 14.7 Å². The summed E-state index contributed by atoms with van der Waals surface area (Å²) < 4.78 is 0. The van der Waals surface area contributed by atoms with Crippen LogP contribution in [0.4, 0.5) is 0 Å². The van der Waals surface area contributed by atoms with E-state index in [0.717, 1.165) is 57.5 Å². The number of rotatable bonds is 3. The first-order valence-electron chi connectivity index (χ1n) is 10.3. The second-order valence-corrected chi connectivity index (χ2v) is 8.62. The van der Waals surface area contributed by atoms with E-state index >= 15 is 0 Å². The van der Waals surface area contributed by atoms with Crippen LogP contribution in [-0.4, -0.2) is 71.3 Å². The molecule has 0 aromatic rings. The Morgan fingerprint density at radius 2 is 1.52 bits per heavy atom. The van der Waals surface area contributed by atoms with Gasteiger partial charge in [-0.2, -0.15) is 0 Å². The molecule has 0 radical (unpaired) electrons. The minimum Gasteiger partial charge on any atom is -0.338 e. The van der Waals surface area contributed by atoms with Crippen molar-refractivity contribution in [1.29, 1.82) is 0 Å². The van der Waals surface area contributed by atoms with Gasteiger partial charge in [-0.15, -0.1) is 0 Å². The number of hydrogen-bond donors (Lipinski definition) is 0. The van der Waals surface area contributed by atoms with E-state index in [4.69, 9.17) is 0 Å². The maximum absolute atomic E-state index is 13.0. The normalized spacial score (nSPS) is 31.6. The number of carbonyl (C=O) groups excluding carboxylic acids is 2. The monoisotopic (exact) mass is 349 g/mol. The van der Waals surface area contributed by atoms with Gasteiger partial charge in [0.1, 0.15) is 6.04 Å². The Morgan fingerprint density at radius 3 is 2.12 bits per heavy atom. The molecule has 0 aromatic heterocycles. The van der Waals surface area contributed by atoms with Crippen LogP contribution in [0, 0.1) is 11.8 Å². The Balaban J connectivity index is 1.52. The third-order valence-electron chi connectivity index (χ3n) is 6.44. The molecule has 5 heteroatoms. The molecular formula is C20H35N3O2. The molecule has 0 bridgehead atoms. The first-order chi connectivity index (χ1) is 12.0. The highest BCUT2D eigenvalue weighted by atomic mass is 16.2. The van der Waals surface area contributed by atoms with Crippen molar-refractivity contribution >= 4 is 11.8 Å². The molecule has 142 valence electrons. The topological polar surface area (TPSA) is 43.9 Å². The summed E-state index contributed by atoms with van der Waals surface area (Å²) in [6, 6.07) is 0.510. The molecule has 3 rings (SSSR count). The van der Waals surface area contributed by atoms with Crippen molar-refractivity contribution in [2.45, 2.75) is 71.4 Å². The van der Waals surface area contributed by atoms with Crippen LogP contribution in [0.5, 0.6) is 0 Å². The van der Waals surface area contributed by atoms with Crippen LogP contribution in [0.25, 0.3) is 0 Å². The predicted molar refractivity (Wildman–Crippen MR) is 99.1 cm³/mol. The Labute approximate surface area is 152 Å². The van der Waals surface area contributed by atoms with Gasteiger partial charge in [0.05, 0.1) is 0 Å². The summed E-state index contributed by atoms with van der Waals surface area (Å²) in [7, 11) is 0. The maximum Gasteiger partial charge on any atom is 0.245 e. The minimum atomic E-state index is -0.211. The fourth-order valence-corrected chi connectivity index (χ4v) is 4.74. The van der Waals surface area contributed by atoms with Crippen LogP contribution in [0.1, 0.15) is 59.3 Å². The third-order valence-corrected chi connectivity index (χ3v) is 6.44. The lowest BCUT2D eigenvalue weighted by Gasteiger charge is -2.42. The van der Waals surface area contributed by atoms with Gasteiger partial charge >= 0.3 is 0 Å². The van der Waals surface area contributed by atoms with E-state index in [0.29, 0.717) is 0 Å². The Morgan fingerprint density at radius 1 is 0.880 bits per heavy atom. The molecule has 3 fully saturated rings. The van der Waals surface area contributed by atoms with Crippen molar-refractivity contribution in [2.75, 3.05) is 32.7 Å². The lowest BCUT2D eigenvalue weighted by molar-refractivity contribution is -0.146. The van der Waals surface area contributed by atoms with E-state index in [9.17, 15) is 9.59 Å². The molecule has 25 heavy (non-hydrogen) atoms. The smallest absolute Gasteiger partial charge is 0.245 e. The van der Waals surface area contributed by atoms with Crippen molar-refractivity contribution in [3.05, 3.63) is 0 Å². The van der Waals surface area contributed by atoms with Gasteiger partial charge in [-0.3, -0.25) is 14.5 Å². The fraction of sp³-hybridized carbons (Fsp3) is 0.900. The number of nitrogens with zero attached hydrogens (tertiary/aromatic N) is 3. The first-order valence-corrected chi connectivity index (χ1v) is 10.3. The molecule has 0 aromatic carbocycles. The minimum absolute atomic E-state index is 0.0288. The van der Waals surface area contributed by atoms with Gasteiger partial charge in [0.15, 0.2) is 0 Å². The highest BCUT2D eigenvalue weighted by Crippen LogP contribution is 2.28. The van der Waals surface area contributed by atoms with Gasteiger partial charge in [-0.1, -0.05) is 20.8 Å². The standard InChI is InChI=1S/C20H35N3O2/c1-15(2)19(24)23-10-4-5-18(23)20(25)22-13-11-21(12-14-22)17-8-6-16(3)7-9-17/h15-18H,4-14H2,1-3H3. The fourth-order valence-electron chi connectivity index (χ4n) is 4.74. The summed E-state index contributed by atoms with van der Waals surface area (Å²) in [6.45, 7) is 10.6. The van der Waals surface area contributed by atoms with Crippen LogP contribution in [0.2, 0.25) is 0 Å². The average Bonchev–Trinajstić information content (AvgIpc) is 3.10. The average molecular weight is 350 g/mol. The van der Waals surface area contributed by atoms with E-state index in [-0.39, 0.29) is 23.8 Å². The molecule has 1 unspecified atom stereocenters. The zero-order valence-electron chi connectivity index (χ0n) is 16.2. The van der Waals surface area contributed by atoms with Crippen LogP contribution in [0.3, 0.4) is 0 Å².